The van der Waals surface area contributed by atoms with Crippen molar-refractivity contribution in [1.29, 1.82) is 0 Å². The normalized spacial score (nSPS) is 8.67. The summed E-state index contributed by atoms with van der Waals surface area (Å²) in [4.78, 5) is 0. The lowest BCUT2D eigenvalue weighted by Crippen LogP contribution is -2.43. The van der Waals surface area contributed by atoms with E-state index in [0.717, 1.165) is 19.8 Å². The molecule has 0 spiro atoms. The molecule has 178 valence electrons. The smallest absolute Gasteiger partial charge is 0.173 e. The Kier molecular flexibility index (Phi) is 76.7. The standard InChI is InChI=1S/C8H22OSi2.C4H10O.C3H8O.2C2H6.3CH4/c1-7-10(3,4)9-11(5,6)8-2;1-3-5-4-2;1-3-4-2;2*1-2;;;/h7-8H2,1-6H3;3-4H2,1-2H3;3H2,1-2H3;2*1-2H3;3*1H4. The van der Waals surface area contributed by atoms with E-state index in [1.807, 2.05) is 48.5 Å². The Morgan fingerprint density at radius 3 is 0.852 bits per heavy atom. The van der Waals surface area contributed by atoms with Crippen molar-refractivity contribution in [3.8, 4) is 0 Å². The Hall–Kier alpha value is 0.314. The molecular formula is C22H64O3Si2. The summed E-state index contributed by atoms with van der Waals surface area (Å²) in [7, 11) is -0.863. The molecule has 5 heteroatoms. The number of hydrogen-bond acceptors (Lipinski definition) is 3. The first kappa shape index (κ1) is 50.7. The summed E-state index contributed by atoms with van der Waals surface area (Å²) in [5.41, 5.74) is 0. The van der Waals surface area contributed by atoms with E-state index in [2.05, 4.69) is 44.8 Å². The van der Waals surface area contributed by atoms with Crippen LogP contribution in [0, 0.1) is 0 Å². The molecule has 0 N–H and O–H groups in total. The first-order valence-corrected chi connectivity index (χ1v) is 16.2. The van der Waals surface area contributed by atoms with E-state index < -0.39 is 16.6 Å². The number of methoxy groups -OCH3 is 1. The first-order chi connectivity index (χ1) is 11.2. The lowest BCUT2D eigenvalue weighted by Gasteiger charge is -2.32. The minimum absolute atomic E-state index is 0. The van der Waals surface area contributed by atoms with Crippen LogP contribution in [0.5, 0.6) is 0 Å². The third kappa shape index (κ3) is 66.3. The highest BCUT2D eigenvalue weighted by molar-refractivity contribution is 6.84. The second-order valence-corrected chi connectivity index (χ2v) is 15.0. The zero-order valence-corrected chi connectivity index (χ0v) is 21.8. The van der Waals surface area contributed by atoms with Crippen LogP contribution < -0.4 is 0 Å². The summed E-state index contributed by atoms with van der Waals surface area (Å²) >= 11 is 0. The fraction of sp³-hybridized carbons (Fsp3) is 1.00. The van der Waals surface area contributed by atoms with Gasteiger partial charge in [0.05, 0.1) is 0 Å². The maximum Gasteiger partial charge on any atom is 0.173 e. The molecule has 3 nitrogen and oxygen atoms in total. The third-order valence-corrected chi connectivity index (χ3v) is 10.8. The van der Waals surface area contributed by atoms with Gasteiger partial charge in [-0.3, -0.25) is 0 Å². The van der Waals surface area contributed by atoms with Crippen LogP contribution in [0.2, 0.25) is 38.3 Å². The molecule has 0 atom stereocenters. The SMILES string of the molecule is C.C.C.CC.CC.CCOC.CCOCC.CC[Si](C)(C)O[Si](C)(C)CC. The second kappa shape index (κ2) is 40.9. The molecule has 0 aliphatic carbocycles. The lowest BCUT2D eigenvalue weighted by atomic mass is 10.8. The molecule has 0 unspecified atom stereocenters. The van der Waals surface area contributed by atoms with E-state index >= 15 is 0 Å². The van der Waals surface area contributed by atoms with Crippen LogP contribution in [0.25, 0.3) is 0 Å². The van der Waals surface area contributed by atoms with Crippen molar-refractivity contribution >= 4 is 16.6 Å². The summed E-state index contributed by atoms with van der Waals surface area (Å²) in [6.45, 7) is 30.2. The lowest BCUT2D eigenvalue weighted by molar-refractivity contribution is 0.162. The molecule has 0 saturated carbocycles. The predicted octanol–water partition coefficient (Wildman–Crippen LogP) is 9.11. The van der Waals surface area contributed by atoms with Gasteiger partial charge in [0.1, 0.15) is 0 Å². The van der Waals surface area contributed by atoms with Gasteiger partial charge < -0.3 is 13.6 Å². The van der Waals surface area contributed by atoms with Crippen molar-refractivity contribution in [2.24, 2.45) is 0 Å². The number of ether oxygens (including phenoxy) is 2. The van der Waals surface area contributed by atoms with Gasteiger partial charge in [0.25, 0.3) is 0 Å². The minimum atomic E-state index is -1.27. The van der Waals surface area contributed by atoms with Crippen LogP contribution in [0.3, 0.4) is 0 Å². The highest BCUT2D eigenvalue weighted by Gasteiger charge is 2.29. The molecule has 0 fully saturated rings. The van der Waals surface area contributed by atoms with Gasteiger partial charge in [0.15, 0.2) is 16.6 Å². The van der Waals surface area contributed by atoms with Crippen LogP contribution >= 0.6 is 0 Å². The van der Waals surface area contributed by atoms with Crippen LogP contribution in [-0.4, -0.2) is 43.6 Å². The molecule has 0 aromatic rings. The third-order valence-electron chi connectivity index (χ3n) is 2.95. The largest absolute Gasteiger partial charge is 0.456 e. The van der Waals surface area contributed by atoms with Gasteiger partial charge in [-0.05, 0) is 59.0 Å². The highest BCUT2D eigenvalue weighted by Crippen LogP contribution is 2.20. The van der Waals surface area contributed by atoms with Gasteiger partial charge in [0, 0.05) is 26.9 Å². The summed E-state index contributed by atoms with van der Waals surface area (Å²) in [5, 5.41) is 0. The maximum absolute atomic E-state index is 6.20. The van der Waals surface area contributed by atoms with E-state index in [0.29, 0.717) is 0 Å². The molecule has 0 rings (SSSR count). The molecular weight excluding hydrogens is 368 g/mol. The first-order valence-electron chi connectivity index (χ1n) is 9.93. The number of hydrogen-bond donors (Lipinski definition) is 0. The second-order valence-electron chi connectivity index (χ2n) is 5.69. The van der Waals surface area contributed by atoms with E-state index in [1.54, 1.807) is 7.11 Å². The van der Waals surface area contributed by atoms with Crippen LogP contribution in [0.15, 0.2) is 0 Å². The highest BCUT2D eigenvalue weighted by atomic mass is 28.4. The fourth-order valence-corrected chi connectivity index (χ4v) is 8.23. The fourth-order valence-electron chi connectivity index (χ4n) is 1.10. The molecule has 0 amide bonds. The van der Waals surface area contributed by atoms with Gasteiger partial charge >= 0.3 is 0 Å². The number of rotatable bonds is 7. The summed E-state index contributed by atoms with van der Waals surface area (Å²) in [6, 6.07) is 2.48. The zero-order valence-electron chi connectivity index (χ0n) is 19.8. The zero-order chi connectivity index (χ0) is 20.7. The van der Waals surface area contributed by atoms with Crippen molar-refractivity contribution in [2.45, 2.75) is 123 Å². The van der Waals surface area contributed by atoms with Crippen LogP contribution in [0.1, 0.15) is 84.6 Å². The van der Waals surface area contributed by atoms with Gasteiger partial charge in [-0.1, -0.05) is 63.8 Å². The van der Waals surface area contributed by atoms with Gasteiger partial charge in [-0.2, -0.15) is 0 Å². The molecule has 0 bridgehead atoms. The summed E-state index contributed by atoms with van der Waals surface area (Å²) < 4.78 is 15.6. The predicted molar refractivity (Wildman–Crippen MR) is 140 cm³/mol. The Balaban J connectivity index is -0.0000000322. The molecule has 0 aliphatic heterocycles. The molecule has 0 aliphatic rings. The molecule has 0 saturated heterocycles. The quantitative estimate of drug-likeness (QED) is 0.375. The van der Waals surface area contributed by atoms with Crippen molar-refractivity contribution in [3.05, 3.63) is 0 Å². The molecule has 0 aromatic carbocycles. The minimum Gasteiger partial charge on any atom is -0.456 e. The Bertz CT molecular complexity index is 170. The van der Waals surface area contributed by atoms with Gasteiger partial charge in [-0.25, -0.2) is 0 Å². The monoisotopic (exact) mass is 432 g/mol. The van der Waals surface area contributed by atoms with Crippen molar-refractivity contribution in [3.63, 3.8) is 0 Å². The van der Waals surface area contributed by atoms with Crippen molar-refractivity contribution in [2.75, 3.05) is 26.9 Å². The maximum atomic E-state index is 6.20. The topological polar surface area (TPSA) is 27.7 Å². The Morgan fingerprint density at radius 1 is 0.556 bits per heavy atom. The van der Waals surface area contributed by atoms with E-state index in [1.165, 1.54) is 12.1 Å². The van der Waals surface area contributed by atoms with E-state index in [4.69, 9.17) is 8.85 Å². The average Bonchev–Trinajstić information content (AvgIpc) is 2.59. The van der Waals surface area contributed by atoms with Gasteiger partial charge in [0.2, 0.25) is 0 Å². The van der Waals surface area contributed by atoms with E-state index in [-0.39, 0.29) is 22.3 Å². The molecule has 0 aromatic heterocycles. The Morgan fingerprint density at radius 2 is 0.778 bits per heavy atom. The average molecular weight is 433 g/mol. The molecule has 27 heavy (non-hydrogen) atoms. The Labute approximate surface area is 180 Å². The van der Waals surface area contributed by atoms with Crippen LogP contribution in [-0.2, 0) is 13.6 Å². The summed E-state index contributed by atoms with van der Waals surface area (Å²) in [5.74, 6) is 0. The van der Waals surface area contributed by atoms with Gasteiger partial charge in [-0.15, -0.1) is 0 Å². The van der Waals surface area contributed by atoms with Crippen molar-refractivity contribution in [1.82, 2.24) is 0 Å². The van der Waals surface area contributed by atoms with E-state index in [9.17, 15) is 0 Å². The molecule has 0 radical (unpaired) electrons. The summed E-state index contributed by atoms with van der Waals surface area (Å²) in [6.07, 6.45) is 0. The van der Waals surface area contributed by atoms with Crippen molar-refractivity contribution < 1.29 is 13.6 Å². The molecule has 0 heterocycles. The van der Waals surface area contributed by atoms with Crippen LogP contribution in [0.4, 0.5) is 0 Å².